The fourth-order valence-electron chi connectivity index (χ4n) is 6.70. The van der Waals surface area contributed by atoms with Crippen molar-refractivity contribution in [2.75, 3.05) is 0 Å². The molecule has 0 aliphatic carbocycles. The van der Waals surface area contributed by atoms with Gasteiger partial charge in [0, 0.05) is 49.0 Å². The fraction of sp³-hybridized carbons (Fsp3) is 0.435. The average Bonchev–Trinajstić information content (AvgIpc) is 3.44. The van der Waals surface area contributed by atoms with Crippen molar-refractivity contribution in [2.24, 2.45) is 17.3 Å². The van der Waals surface area contributed by atoms with Crippen LogP contribution in [0.2, 0.25) is 0 Å². The number of allylic oxidation sites excluding steroid dienone is 2. The van der Waals surface area contributed by atoms with Gasteiger partial charge in [-0.2, -0.15) is 13.2 Å². The number of aliphatic hydroxyl groups excluding tert-OH is 1. The van der Waals surface area contributed by atoms with Crippen molar-refractivity contribution in [3.8, 4) is 17.0 Å². The van der Waals surface area contributed by atoms with Gasteiger partial charge in [0.25, 0.3) is 5.71 Å². The van der Waals surface area contributed by atoms with E-state index in [0.29, 0.717) is 17.0 Å². The Balaban J connectivity index is 0.000000418. The molecule has 0 atom stereocenters. The second kappa shape index (κ2) is 18.3. The van der Waals surface area contributed by atoms with Gasteiger partial charge in [0.05, 0.1) is 16.9 Å². The Hall–Kier alpha value is -3.74. The van der Waals surface area contributed by atoms with Gasteiger partial charge < -0.3 is 9.52 Å². The van der Waals surface area contributed by atoms with E-state index in [1.54, 1.807) is 12.1 Å². The number of nitrogens with zero attached hydrogens (tertiary/aromatic N) is 1. The summed E-state index contributed by atoms with van der Waals surface area (Å²) in [7, 11) is 0. The van der Waals surface area contributed by atoms with Crippen molar-refractivity contribution in [3.63, 3.8) is 0 Å². The van der Waals surface area contributed by atoms with Crippen molar-refractivity contribution >= 4 is 27.7 Å². The van der Waals surface area contributed by atoms with Crippen LogP contribution in [-0.2, 0) is 36.7 Å². The van der Waals surface area contributed by atoms with Crippen molar-refractivity contribution in [2.45, 2.75) is 113 Å². The third-order valence-corrected chi connectivity index (χ3v) is 10.4. The Morgan fingerprint density at radius 1 is 0.870 bits per heavy atom. The van der Waals surface area contributed by atoms with Gasteiger partial charge in [0.2, 0.25) is 0 Å². The van der Waals surface area contributed by atoms with Crippen molar-refractivity contribution < 1.29 is 52.2 Å². The smallest absolute Gasteiger partial charge is 0.394 e. The first-order valence-electron chi connectivity index (χ1n) is 18.8. The molecule has 0 aliphatic heterocycles. The second-order valence-corrected chi connectivity index (χ2v) is 15.7. The number of rotatable bonds is 11. The van der Waals surface area contributed by atoms with Crippen LogP contribution in [-0.4, -0.2) is 17.1 Å². The van der Waals surface area contributed by atoms with E-state index in [9.17, 15) is 23.1 Å². The third kappa shape index (κ3) is 10.1. The Bertz CT molecular complexity index is 2040. The molecule has 8 heteroatoms. The number of aryl methyl sites for hydroxylation is 1. The predicted octanol–water partition coefficient (Wildman–Crippen LogP) is 12.7. The van der Waals surface area contributed by atoms with E-state index in [2.05, 4.69) is 51.2 Å². The molecule has 0 saturated heterocycles. The van der Waals surface area contributed by atoms with Gasteiger partial charge in [-0.1, -0.05) is 105 Å². The largest absolute Gasteiger partial charge is 0.512 e. The van der Waals surface area contributed by atoms with Crippen LogP contribution in [0.4, 0.5) is 13.2 Å². The summed E-state index contributed by atoms with van der Waals surface area (Å²) in [6.07, 6.45) is 3.85. The summed E-state index contributed by atoms with van der Waals surface area (Å²) in [5.74, 6) is 1.23. The SMILES string of the molecule is CCC(CC)C(=O)/C=C(\O)C(CC)CC.Cc1c(-c2ccc(CC(C)(C)C(F)(F)F)cc2)oc2c1cc[c-][n+]2-c1[c-]c2ccccc2c(C(C)(C)C)c1.[Ir]. The van der Waals surface area contributed by atoms with Crippen molar-refractivity contribution in [1.82, 2.24) is 0 Å². The topological polar surface area (TPSA) is 54.3 Å². The van der Waals surface area contributed by atoms with Crippen molar-refractivity contribution in [3.05, 3.63) is 108 Å². The van der Waals surface area contributed by atoms with Crippen LogP contribution < -0.4 is 4.57 Å². The molecule has 1 radical (unpaired) electrons. The maximum atomic E-state index is 13.4. The number of carbonyl (C=O) groups is 1. The van der Waals surface area contributed by atoms with E-state index in [0.717, 1.165) is 53.3 Å². The molecule has 2 aromatic heterocycles. The molecule has 1 N–H and O–H groups in total. The van der Waals surface area contributed by atoms with E-state index in [-0.39, 0.29) is 55.3 Å². The summed E-state index contributed by atoms with van der Waals surface area (Å²) >= 11 is 0. The number of hydrogen-bond donors (Lipinski definition) is 1. The zero-order valence-electron chi connectivity index (χ0n) is 33.3. The maximum Gasteiger partial charge on any atom is 0.394 e. The number of ketones is 1. The minimum absolute atomic E-state index is 0. The number of hydrogen-bond acceptors (Lipinski definition) is 3. The van der Waals surface area contributed by atoms with E-state index >= 15 is 0 Å². The first-order valence-corrected chi connectivity index (χ1v) is 18.8. The van der Waals surface area contributed by atoms with E-state index < -0.39 is 11.6 Å². The molecular weight excluding hydrogens is 864 g/mol. The fourth-order valence-corrected chi connectivity index (χ4v) is 6.70. The van der Waals surface area contributed by atoms with Crippen LogP contribution in [0.15, 0.2) is 83.0 Å². The standard InChI is InChI=1S/C33H31F3NO.C13H24O2.Ir/c1-21-26-12-9-17-37(25-18-24-10-7-8-11-27(24)28(19-25)31(2,3)4)30(26)38-29(21)23-15-13-22(14-16-23)20-32(5,6)33(34,35)36;1-5-10(6-2)12(14)9-13(15)11(7-3)8-4;/h7-16,19H,20H2,1-6H3;9-11,14H,5-8H2,1-4H3;/q-1;;/b;12-9-;. The summed E-state index contributed by atoms with van der Waals surface area (Å²) < 4.78 is 48.4. The zero-order valence-corrected chi connectivity index (χ0v) is 35.7. The summed E-state index contributed by atoms with van der Waals surface area (Å²) in [6, 6.07) is 24.9. The first-order chi connectivity index (χ1) is 24.9. The summed E-state index contributed by atoms with van der Waals surface area (Å²) in [5.41, 5.74) is 3.23. The van der Waals surface area contributed by atoms with Crippen LogP contribution in [0.1, 0.15) is 105 Å². The molecule has 0 spiro atoms. The number of carbonyl (C=O) groups excluding carboxylic acids is 1. The van der Waals surface area contributed by atoms with Crippen LogP contribution in [0.25, 0.3) is 38.9 Å². The monoisotopic (exact) mass is 919 g/mol. The Labute approximate surface area is 333 Å². The van der Waals surface area contributed by atoms with Crippen LogP contribution in [0.3, 0.4) is 0 Å². The third-order valence-electron chi connectivity index (χ3n) is 10.4. The predicted molar refractivity (Wildman–Crippen MR) is 209 cm³/mol. The van der Waals surface area contributed by atoms with Crippen LogP contribution in [0.5, 0.6) is 0 Å². The molecule has 0 bridgehead atoms. The molecule has 0 fully saturated rings. The quantitative estimate of drug-likeness (QED) is 0.0622. The van der Waals surface area contributed by atoms with E-state index in [1.165, 1.54) is 30.9 Å². The molecule has 5 aromatic rings. The molecule has 0 amide bonds. The minimum Gasteiger partial charge on any atom is -0.512 e. The summed E-state index contributed by atoms with van der Waals surface area (Å²) in [5, 5.41) is 12.9. The number of furan rings is 1. The minimum atomic E-state index is -4.27. The number of pyridine rings is 1. The number of benzene rings is 3. The number of halogens is 3. The van der Waals surface area contributed by atoms with Crippen molar-refractivity contribution in [1.29, 1.82) is 0 Å². The summed E-state index contributed by atoms with van der Waals surface area (Å²) in [6.45, 7) is 19.1. The average molecular weight is 919 g/mol. The van der Waals surface area contributed by atoms with Gasteiger partial charge >= 0.3 is 6.18 Å². The normalized spacial score (nSPS) is 12.6. The van der Waals surface area contributed by atoms with Gasteiger partial charge in [-0.15, -0.1) is 46.7 Å². The second-order valence-electron chi connectivity index (χ2n) is 15.7. The van der Waals surface area contributed by atoms with Gasteiger partial charge in [0.15, 0.2) is 12.0 Å². The van der Waals surface area contributed by atoms with Gasteiger partial charge in [0.1, 0.15) is 5.76 Å². The Kier molecular flexibility index (Phi) is 15.1. The molecule has 5 rings (SSSR count). The molecule has 3 aromatic carbocycles. The molecule has 0 aliphatic rings. The number of aliphatic hydroxyl groups is 1. The zero-order chi connectivity index (χ0) is 39.3. The summed E-state index contributed by atoms with van der Waals surface area (Å²) in [4.78, 5) is 11.7. The maximum absolute atomic E-state index is 13.4. The van der Waals surface area contributed by atoms with Gasteiger partial charge in [-0.25, -0.2) is 0 Å². The van der Waals surface area contributed by atoms with Crippen LogP contribution in [0, 0.1) is 36.4 Å². The van der Waals surface area contributed by atoms with Crippen LogP contribution >= 0.6 is 0 Å². The molecular formula is C46H55F3IrNO3-. The van der Waals surface area contributed by atoms with E-state index in [1.807, 2.05) is 75.6 Å². The molecule has 2 heterocycles. The Morgan fingerprint density at radius 2 is 1.46 bits per heavy atom. The molecule has 4 nitrogen and oxygen atoms in total. The Morgan fingerprint density at radius 3 is 2.02 bits per heavy atom. The molecule has 0 saturated carbocycles. The molecule has 54 heavy (non-hydrogen) atoms. The molecule has 293 valence electrons. The van der Waals surface area contributed by atoms with Gasteiger partial charge in [-0.3, -0.25) is 9.36 Å². The number of alkyl halides is 3. The van der Waals surface area contributed by atoms with Gasteiger partial charge in [-0.05, 0) is 55.6 Å². The number of aromatic nitrogens is 1. The molecule has 0 unspecified atom stereocenters. The first kappa shape index (κ1) is 44.7. The number of fused-ring (bicyclic) bond motifs is 2. The van der Waals surface area contributed by atoms with E-state index in [4.69, 9.17) is 4.42 Å².